The van der Waals surface area contributed by atoms with E-state index in [1.165, 1.54) is 18.3 Å². The highest BCUT2D eigenvalue weighted by Gasteiger charge is 2.35. The number of hydrogen-bond acceptors (Lipinski definition) is 8. The average Bonchev–Trinajstić information content (AvgIpc) is 2.78. The Morgan fingerprint density at radius 3 is 2.63 bits per heavy atom. The Labute approximate surface area is 203 Å². The van der Waals surface area contributed by atoms with Crippen LogP contribution in [-0.4, -0.2) is 38.3 Å². The summed E-state index contributed by atoms with van der Waals surface area (Å²) in [5.74, 6) is -2.74. The monoisotopic (exact) mass is 534 g/mol. The first-order chi connectivity index (χ1) is 16.4. The van der Waals surface area contributed by atoms with E-state index in [2.05, 4.69) is 9.97 Å². The number of carbonyl (C=O) groups excluding carboxylic acids is 1. The average molecular weight is 535 g/mol. The van der Waals surface area contributed by atoms with Crippen molar-refractivity contribution in [2.24, 2.45) is 7.05 Å². The van der Waals surface area contributed by atoms with Gasteiger partial charge in [0.15, 0.2) is 18.2 Å². The van der Waals surface area contributed by atoms with Gasteiger partial charge in [-0.3, -0.25) is 9.36 Å². The highest BCUT2D eigenvalue weighted by molar-refractivity contribution is 7.99. The highest BCUT2D eigenvalue weighted by atomic mass is 35.5. The molecule has 0 N–H and O–H groups in total. The molecule has 0 saturated heterocycles. The normalized spacial score (nSPS) is 11.4. The fraction of sp³-hybridized carbons (Fsp3) is 0.250. The summed E-state index contributed by atoms with van der Waals surface area (Å²) in [4.78, 5) is 44.6. The van der Waals surface area contributed by atoms with Gasteiger partial charge in [0.1, 0.15) is 10.7 Å². The molecule has 0 aliphatic rings. The zero-order chi connectivity index (χ0) is 25.9. The third-order valence-corrected chi connectivity index (χ3v) is 5.71. The van der Waals surface area contributed by atoms with Crippen LogP contribution in [0, 0.1) is 5.82 Å². The zero-order valence-corrected chi connectivity index (χ0v) is 19.5. The van der Waals surface area contributed by atoms with E-state index in [0.717, 1.165) is 24.9 Å². The molecule has 0 atom stereocenters. The molecule has 0 aliphatic heterocycles. The Hall–Kier alpha value is -3.39. The zero-order valence-electron chi connectivity index (χ0n) is 17.9. The van der Waals surface area contributed by atoms with Crippen molar-refractivity contribution in [1.82, 2.24) is 19.1 Å². The number of rotatable bonds is 7. The number of nitrogens with zero attached hydrogens (tertiary/aromatic N) is 4. The second kappa shape index (κ2) is 10.5. The number of ether oxygens (including phenoxy) is 2. The summed E-state index contributed by atoms with van der Waals surface area (Å²) in [6.07, 6.45) is -3.61. The van der Waals surface area contributed by atoms with Gasteiger partial charge in [-0.15, -0.1) is 0 Å². The van der Waals surface area contributed by atoms with Crippen molar-refractivity contribution in [2.75, 3.05) is 13.2 Å². The second-order valence-corrected chi connectivity index (χ2v) is 8.06. The van der Waals surface area contributed by atoms with Crippen molar-refractivity contribution in [3.8, 4) is 11.7 Å². The fourth-order valence-corrected chi connectivity index (χ4v) is 3.85. The molecule has 186 valence electrons. The molecule has 15 heteroatoms. The summed E-state index contributed by atoms with van der Waals surface area (Å²) in [5, 5.41) is -0.348. The lowest BCUT2D eigenvalue weighted by Crippen LogP contribution is -2.41. The Morgan fingerprint density at radius 1 is 1.26 bits per heavy atom. The van der Waals surface area contributed by atoms with Gasteiger partial charge >= 0.3 is 17.8 Å². The number of hydrogen-bond donors (Lipinski definition) is 0. The van der Waals surface area contributed by atoms with Gasteiger partial charge in [0.25, 0.3) is 5.56 Å². The lowest BCUT2D eigenvalue weighted by atomic mass is 10.3. The highest BCUT2D eigenvalue weighted by Crippen LogP contribution is 2.37. The Morgan fingerprint density at radius 2 is 1.97 bits per heavy atom. The molecule has 0 saturated carbocycles. The third-order valence-electron chi connectivity index (χ3n) is 4.28. The van der Waals surface area contributed by atoms with Crippen molar-refractivity contribution in [2.45, 2.75) is 23.0 Å². The van der Waals surface area contributed by atoms with Gasteiger partial charge in [-0.1, -0.05) is 23.4 Å². The van der Waals surface area contributed by atoms with Gasteiger partial charge in [-0.25, -0.2) is 28.5 Å². The van der Waals surface area contributed by atoms with Crippen LogP contribution in [0.15, 0.2) is 50.0 Å². The van der Waals surface area contributed by atoms with Gasteiger partial charge in [0.2, 0.25) is 5.88 Å². The van der Waals surface area contributed by atoms with E-state index in [4.69, 9.17) is 21.1 Å². The van der Waals surface area contributed by atoms with E-state index in [9.17, 15) is 31.9 Å². The molecule has 35 heavy (non-hydrogen) atoms. The van der Waals surface area contributed by atoms with Crippen LogP contribution in [0.3, 0.4) is 0 Å². The largest absolute Gasteiger partial charge is 0.465 e. The lowest BCUT2D eigenvalue weighted by molar-refractivity contribution is -0.145. The van der Waals surface area contributed by atoms with E-state index in [-0.39, 0.29) is 42.6 Å². The Bertz CT molecular complexity index is 1390. The number of aromatic nitrogens is 4. The van der Waals surface area contributed by atoms with Crippen molar-refractivity contribution in [3.63, 3.8) is 0 Å². The maximum Gasteiger partial charge on any atom is 0.431 e. The molecule has 0 aliphatic carbocycles. The first-order valence-electron chi connectivity index (χ1n) is 9.62. The standard InChI is InChI=1S/C20H15ClF4N4O5S/c1-3-33-15(31)9-34-17-12(5-4-6-26-17)35-18-10(21)7-11(22)16(27-18)29-14(30)8-13(20(23,24)25)28(2)19(29)32/h4-8H,3,9H2,1-2H3. The van der Waals surface area contributed by atoms with E-state index in [0.29, 0.717) is 0 Å². The SMILES string of the molecule is CCOC(=O)COc1ncccc1Sc1nc(-n2c(=O)cc(C(F)(F)F)n(C)c2=O)c(F)cc1Cl. The smallest absolute Gasteiger partial charge is 0.431 e. The van der Waals surface area contributed by atoms with Crippen LogP contribution >= 0.6 is 23.4 Å². The molecule has 3 aromatic rings. The molecule has 3 aromatic heterocycles. The molecule has 0 radical (unpaired) electrons. The quantitative estimate of drug-likeness (QED) is 0.336. The summed E-state index contributed by atoms with van der Waals surface area (Å²) >= 11 is 6.87. The lowest BCUT2D eigenvalue weighted by Gasteiger charge is -2.15. The maximum absolute atomic E-state index is 14.7. The topological polar surface area (TPSA) is 105 Å². The van der Waals surface area contributed by atoms with Crippen LogP contribution in [0.5, 0.6) is 5.88 Å². The van der Waals surface area contributed by atoms with Crippen LogP contribution in [-0.2, 0) is 22.8 Å². The van der Waals surface area contributed by atoms with E-state index in [1.54, 1.807) is 6.92 Å². The minimum atomic E-state index is -4.99. The van der Waals surface area contributed by atoms with Crippen LogP contribution in [0.2, 0.25) is 5.02 Å². The van der Waals surface area contributed by atoms with Gasteiger partial charge in [-0.05, 0) is 25.1 Å². The van der Waals surface area contributed by atoms with Gasteiger partial charge in [-0.2, -0.15) is 13.2 Å². The van der Waals surface area contributed by atoms with Crippen LogP contribution in [0.25, 0.3) is 5.82 Å². The summed E-state index contributed by atoms with van der Waals surface area (Å²) < 4.78 is 64.4. The van der Waals surface area contributed by atoms with Crippen molar-refractivity contribution < 1.29 is 31.8 Å². The number of pyridine rings is 2. The number of halogens is 5. The molecule has 0 unspecified atom stereocenters. The first-order valence-corrected chi connectivity index (χ1v) is 10.8. The molecular formula is C20H15ClF4N4O5S. The summed E-state index contributed by atoms with van der Waals surface area (Å²) in [5.41, 5.74) is -4.41. The molecule has 3 heterocycles. The molecule has 0 spiro atoms. The Kier molecular flexibility index (Phi) is 7.85. The predicted molar refractivity (Wildman–Crippen MR) is 116 cm³/mol. The van der Waals surface area contributed by atoms with E-state index >= 15 is 0 Å². The summed E-state index contributed by atoms with van der Waals surface area (Å²) in [7, 11) is 0.785. The van der Waals surface area contributed by atoms with E-state index < -0.39 is 47.3 Å². The van der Waals surface area contributed by atoms with Crippen LogP contribution in [0.4, 0.5) is 17.6 Å². The molecule has 0 aromatic carbocycles. The maximum atomic E-state index is 14.7. The minimum absolute atomic E-state index is 0.0168. The summed E-state index contributed by atoms with van der Waals surface area (Å²) in [6.45, 7) is 1.31. The molecule has 3 rings (SSSR count). The van der Waals surface area contributed by atoms with Gasteiger partial charge < -0.3 is 9.47 Å². The number of esters is 1. The number of carbonyl (C=O) groups is 1. The van der Waals surface area contributed by atoms with Crippen molar-refractivity contribution in [1.29, 1.82) is 0 Å². The second-order valence-electron chi connectivity index (χ2n) is 6.63. The number of alkyl halides is 3. The molecule has 0 amide bonds. The molecule has 0 fully saturated rings. The Balaban J connectivity index is 2.05. The predicted octanol–water partition coefficient (Wildman–Crippen LogP) is 3.23. The van der Waals surface area contributed by atoms with Gasteiger partial charge in [0.05, 0.1) is 16.5 Å². The fourth-order valence-electron chi connectivity index (χ4n) is 2.76. The van der Waals surface area contributed by atoms with Crippen LogP contribution < -0.4 is 16.0 Å². The van der Waals surface area contributed by atoms with Gasteiger partial charge in [0, 0.05) is 19.3 Å². The minimum Gasteiger partial charge on any atom is -0.465 e. The molecular weight excluding hydrogens is 520 g/mol. The van der Waals surface area contributed by atoms with Crippen molar-refractivity contribution in [3.05, 3.63) is 67.8 Å². The van der Waals surface area contributed by atoms with Crippen LogP contribution in [0.1, 0.15) is 12.6 Å². The third kappa shape index (κ3) is 5.82. The van der Waals surface area contributed by atoms with E-state index in [1.807, 2.05) is 0 Å². The summed E-state index contributed by atoms with van der Waals surface area (Å²) in [6, 6.07) is 3.95. The molecule has 0 bridgehead atoms. The first kappa shape index (κ1) is 26.2. The van der Waals surface area contributed by atoms with Crippen molar-refractivity contribution >= 4 is 29.3 Å². The molecule has 9 nitrogen and oxygen atoms in total.